The molecule has 3 N–H and O–H groups in total. The molecule has 1 saturated heterocycles. The summed E-state index contributed by atoms with van der Waals surface area (Å²) in [4.78, 5) is 22.6. The van der Waals surface area contributed by atoms with Crippen LogP contribution in [0.1, 0.15) is 6.42 Å². The van der Waals surface area contributed by atoms with Gasteiger partial charge in [0.1, 0.15) is 11.6 Å². The van der Waals surface area contributed by atoms with Crippen LogP contribution in [0.15, 0.2) is 36.5 Å². The minimum Gasteiger partial charge on any atom is -0.406 e. The van der Waals surface area contributed by atoms with Gasteiger partial charge in [0.2, 0.25) is 5.95 Å². The summed E-state index contributed by atoms with van der Waals surface area (Å²) < 4.78 is 40.3. The highest BCUT2D eigenvalue weighted by Gasteiger charge is 2.31. The van der Waals surface area contributed by atoms with Gasteiger partial charge in [-0.15, -0.1) is 13.2 Å². The van der Waals surface area contributed by atoms with Crippen LogP contribution in [0.4, 0.5) is 35.4 Å². The van der Waals surface area contributed by atoms with Gasteiger partial charge in [0.15, 0.2) is 0 Å². The fraction of sp³-hybridized carbons (Fsp3) is 0.353. The van der Waals surface area contributed by atoms with E-state index in [0.29, 0.717) is 18.2 Å². The molecule has 1 aromatic heterocycles. The normalized spacial score (nSPS) is 16.6. The Bertz CT molecular complexity index is 815. The van der Waals surface area contributed by atoms with E-state index in [4.69, 9.17) is 0 Å². The Hall–Kier alpha value is -3.24. The molecule has 1 unspecified atom stereocenters. The van der Waals surface area contributed by atoms with Crippen LogP contribution in [0.2, 0.25) is 0 Å². The first-order valence-electron chi connectivity index (χ1n) is 8.51. The first-order chi connectivity index (χ1) is 13.3. The largest absolute Gasteiger partial charge is 0.573 e. The molecule has 28 heavy (non-hydrogen) atoms. The molecule has 0 spiro atoms. The summed E-state index contributed by atoms with van der Waals surface area (Å²) in [6.07, 6.45) is -2.35. The number of urea groups is 1. The standard InChI is InChI=1S/C17H19F3N6O2/c1-21-15-22-8-6-14(25-15)26-9-7-12(10-26)24-16(27)23-11-2-4-13(5-3-11)28-17(18,19)20/h2-6,8,12H,7,9-10H2,1H3,(H,21,22,25)(H2,23,24,27). The number of anilines is 3. The number of hydrogen-bond donors (Lipinski definition) is 3. The molecular formula is C17H19F3N6O2. The first-order valence-corrected chi connectivity index (χ1v) is 8.51. The van der Waals surface area contributed by atoms with Crippen molar-refractivity contribution in [3.8, 4) is 5.75 Å². The van der Waals surface area contributed by atoms with E-state index in [1.54, 1.807) is 19.3 Å². The molecule has 1 aliphatic heterocycles. The Labute approximate surface area is 159 Å². The van der Waals surface area contributed by atoms with Gasteiger partial charge in [0.05, 0.1) is 0 Å². The molecule has 1 aliphatic rings. The predicted molar refractivity (Wildman–Crippen MR) is 97.5 cm³/mol. The fourth-order valence-electron chi connectivity index (χ4n) is 2.82. The minimum absolute atomic E-state index is 0.0826. The van der Waals surface area contributed by atoms with Gasteiger partial charge in [-0.2, -0.15) is 4.98 Å². The van der Waals surface area contributed by atoms with Crippen molar-refractivity contribution in [3.05, 3.63) is 36.5 Å². The quantitative estimate of drug-likeness (QED) is 0.720. The highest BCUT2D eigenvalue weighted by Crippen LogP contribution is 2.24. The number of rotatable bonds is 5. The van der Waals surface area contributed by atoms with Crippen molar-refractivity contribution >= 4 is 23.5 Å². The smallest absolute Gasteiger partial charge is 0.406 e. The van der Waals surface area contributed by atoms with Crippen LogP contribution in [-0.2, 0) is 0 Å². The molecule has 1 aromatic carbocycles. The van der Waals surface area contributed by atoms with E-state index >= 15 is 0 Å². The molecule has 0 saturated carbocycles. The van der Waals surface area contributed by atoms with E-state index in [2.05, 4.69) is 30.7 Å². The molecule has 8 nitrogen and oxygen atoms in total. The highest BCUT2D eigenvalue weighted by atomic mass is 19.4. The second-order valence-electron chi connectivity index (χ2n) is 6.09. The summed E-state index contributed by atoms with van der Waals surface area (Å²) in [7, 11) is 1.74. The maximum absolute atomic E-state index is 12.2. The van der Waals surface area contributed by atoms with E-state index in [1.165, 1.54) is 12.1 Å². The van der Waals surface area contributed by atoms with Crippen LogP contribution in [-0.4, -0.2) is 48.5 Å². The molecular weight excluding hydrogens is 377 g/mol. The Morgan fingerprint density at radius 2 is 2.00 bits per heavy atom. The van der Waals surface area contributed by atoms with Crippen LogP contribution in [0, 0.1) is 0 Å². The van der Waals surface area contributed by atoms with Crippen molar-refractivity contribution in [2.24, 2.45) is 0 Å². The van der Waals surface area contributed by atoms with Crippen molar-refractivity contribution in [2.45, 2.75) is 18.8 Å². The summed E-state index contributed by atoms with van der Waals surface area (Å²) in [5.41, 5.74) is 0.358. The number of ether oxygens (including phenoxy) is 1. The molecule has 0 bridgehead atoms. The number of halogens is 3. The molecule has 0 radical (unpaired) electrons. The lowest BCUT2D eigenvalue weighted by molar-refractivity contribution is -0.274. The third kappa shape index (κ3) is 5.38. The van der Waals surface area contributed by atoms with E-state index in [-0.39, 0.29) is 11.8 Å². The third-order valence-electron chi connectivity index (χ3n) is 4.06. The number of carbonyl (C=O) groups excluding carboxylic acids is 1. The van der Waals surface area contributed by atoms with Gasteiger partial charge in [-0.1, -0.05) is 0 Å². The third-order valence-corrected chi connectivity index (χ3v) is 4.06. The number of amides is 2. The first kappa shape index (κ1) is 19.5. The summed E-state index contributed by atoms with van der Waals surface area (Å²) in [6, 6.07) is 6.22. The van der Waals surface area contributed by atoms with Gasteiger partial charge in [-0.05, 0) is 36.8 Å². The zero-order valence-corrected chi connectivity index (χ0v) is 15.0. The summed E-state index contributed by atoms with van der Waals surface area (Å²) in [6.45, 7) is 1.32. The van der Waals surface area contributed by atoms with Crippen molar-refractivity contribution in [2.75, 3.05) is 35.7 Å². The summed E-state index contributed by atoms with van der Waals surface area (Å²) in [5.74, 6) is 0.935. The fourth-order valence-corrected chi connectivity index (χ4v) is 2.82. The minimum atomic E-state index is -4.75. The predicted octanol–water partition coefficient (Wildman–Crippen LogP) is 2.82. The van der Waals surface area contributed by atoms with Crippen LogP contribution in [0.25, 0.3) is 0 Å². The highest BCUT2D eigenvalue weighted by molar-refractivity contribution is 5.89. The van der Waals surface area contributed by atoms with Crippen molar-refractivity contribution < 1.29 is 22.7 Å². The van der Waals surface area contributed by atoms with E-state index in [1.807, 2.05) is 4.90 Å². The monoisotopic (exact) mass is 396 g/mol. The zero-order valence-electron chi connectivity index (χ0n) is 15.0. The lowest BCUT2D eigenvalue weighted by Gasteiger charge is -2.18. The molecule has 1 atom stereocenters. The molecule has 2 aromatic rings. The van der Waals surface area contributed by atoms with Crippen molar-refractivity contribution in [3.63, 3.8) is 0 Å². The van der Waals surface area contributed by atoms with Gasteiger partial charge in [0.25, 0.3) is 0 Å². The van der Waals surface area contributed by atoms with Gasteiger partial charge in [-0.25, -0.2) is 9.78 Å². The number of nitrogens with one attached hydrogen (secondary N) is 3. The maximum Gasteiger partial charge on any atom is 0.573 e. The number of alkyl halides is 3. The van der Waals surface area contributed by atoms with Crippen LogP contribution in [0.3, 0.4) is 0 Å². The number of hydrogen-bond acceptors (Lipinski definition) is 6. The Morgan fingerprint density at radius 1 is 1.25 bits per heavy atom. The van der Waals surface area contributed by atoms with Crippen LogP contribution >= 0.6 is 0 Å². The Kier molecular flexibility index (Phi) is 5.71. The van der Waals surface area contributed by atoms with E-state index in [0.717, 1.165) is 30.9 Å². The average molecular weight is 396 g/mol. The average Bonchev–Trinajstić information content (AvgIpc) is 3.10. The van der Waals surface area contributed by atoms with Gasteiger partial charge < -0.3 is 25.6 Å². The van der Waals surface area contributed by atoms with Gasteiger partial charge in [-0.3, -0.25) is 0 Å². The number of nitrogens with zero attached hydrogens (tertiary/aromatic N) is 3. The second kappa shape index (κ2) is 8.19. The Morgan fingerprint density at radius 3 is 2.68 bits per heavy atom. The summed E-state index contributed by atoms with van der Waals surface area (Å²) in [5, 5.41) is 8.32. The van der Waals surface area contributed by atoms with Gasteiger partial charge >= 0.3 is 12.4 Å². The molecule has 11 heteroatoms. The Balaban J connectivity index is 1.50. The van der Waals surface area contributed by atoms with Crippen LogP contribution in [0.5, 0.6) is 5.75 Å². The molecule has 3 rings (SSSR count). The molecule has 150 valence electrons. The van der Waals surface area contributed by atoms with E-state index < -0.39 is 12.4 Å². The SMILES string of the molecule is CNc1nccc(N2CCC(NC(=O)Nc3ccc(OC(F)(F)F)cc3)C2)n1. The molecule has 1 fully saturated rings. The van der Waals surface area contributed by atoms with Crippen molar-refractivity contribution in [1.82, 2.24) is 15.3 Å². The lowest BCUT2D eigenvalue weighted by atomic mass is 10.2. The van der Waals surface area contributed by atoms with E-state index in [9.17, 15) is 18.0 Å². The maximum atomic E-state index is 12.2. The number of aromatic nitrogens is 2. The number of benzene rings is 1. The zero-order chi connectivity index (χ0) is 20.1. The van der Waals surface area contributed by atoms with Crippen molar-refractivity contribution in [1.29, 1.82) is 0 Å². The molecule has 2 heterocycles. The van der Waals surface area contributed by atoms with Crippen LogP contribution < -0.4 is 25.6 Å². The van der Waals surface area contributed by atoms with Gasteiger partial charge in [0, 0.05) is 38.1 Å². The molecule has 0 aliphatic carbocycles. The topological polar surface area (TPSA) is 91.4 Å². The summed E-state index contributed by atoms with van der Waals surface area (Å²) >= 11 is 0. The second-order valence-corrected chi connectivity index (χ2v) is 6.09. The lowest BCUT2D eigenvalue weighted by Crippen LogP contribution is -2.39. The number of carbonyl (C=O) groups is 1. The molecule has 2 amide bonds.